The maximum Gasteiger partial charge on any atom is 0.266 e. The van der Waals surface area contributed by atoms with Crippen molar-refractivity contribution in [1.82, 2.24) is 0 Å². The van der Waals surface area contributed by atoms with Gasteiger partial charge in [-0.25, -0.2) is 8.98 Å². The van der Waals surface area contributed by atoms with E-state index in [0.29, 0.717) is 0 Å². The van der Waals surface area contributed by atoms with Gasteiger partial charge < -0.3 is 9.84 Å². The van der Waals surface area contributed by atoms with Gasteiger partial charge in [-0.05, 0) is 0 Å². The van der Waals surface area contributed by atoms with Gasteiger partial charge in [-0.3, -0.25) is 0 Å². The van der Waals surface area contributed by atoms with Gasteiger partial charge >= 0.3 is 0 Å². The third kappa shape index (κ3) is 3.37. The molecule has 7 nitrogen and oxygen atoms in total. The fraction of sp³-hybridized carbons (Fsp3) is 0.857. The minimum atomic E-state index is -3.75. The summed E-state index contributed by atoms with van der Waals surface area (Å²) in [5.74, 6) is 0. The van der Waals surface area contributed by atoms with E-state index >= 15 is 0 Å². The minimum absolute atomic E-state index is 0.00576. The van der Waals surface area contributed by atoms with Crippen molar-refractivity contribution in [2.45, 2.75) is 18.2 Å². The maximum absolute atomic E-state index is 10.9. The maximum atomic E-state index is 10.9. The van der Waals surface area contributed by atoms with Crippen LogP contribution in [0.25, 0.3) is 0 Å². The van der Waals surface area contributed by atoms with Crippen LogP contribution in [-0.4, -0.2) is 50.9 Å². The molecule has 0 aromatic heterocycles. The molecule has 0 bridgehead atoms. The van der Waals surface area contributed by atoms with E-state index in [1.54, 1.807) is 0 Å². The number of aliphatic imine (C=N–C) groups is 1. The van der Waals surface area contributed by atoms with Crippen molar-refractivity contribution in [3.8, 4) is 0 Å². The van der Waals surface area contributed by atoms with Crippen LogP contribution >= 0.6 is 0 Å². The van der Waals surface area contributed by atoms with Gasteiger partial charge in [-0.2, -0.15) is 13.4 Å². The molecule has 1 N–H and O–H groups in total. The van der Waals surface area contributed by atoms with Crippen LogP contribution in [-0.2, 0) is 23.8 Å². The standard InChI is InChI=1S/C7H11NO6S/c1-15(11,12)14-7(8-5-10)2-6(3-9)13-4-7/h6,9H,2-4H2,1H3. The Kier molecular flexibility index (Phi) is 3.58. The third-order valence-corrected chi connectivity index (χ3v) is 2.46. The average Bonchev–Trinajstić information content (AvgIpc) is 2.46. The van der Waals surface area contributed by atoms with Crippen LogP contribution in [0, 0.1) is 0 Å². The number of hydrogen-bond donors (Lipinski definition) is 1. The van der Waals surface area contributed by atoms with Crippen molar-refractivity contribution in [3.63, 3.8) is 0 Å². The van der Waals surface area contributed by atoms with Crippen LogP contribution in [0.3, 0.4) is 0 Å². The first-order valence-electron chi connectivity index (χ1n) is 4.13. The summed E-state index contributed by atoms with van der Waals surface area (Å²) in [5.41, 5.74) is -1.57. The second-order valence-corrected chi connectivity index (χ2v) is 4.83. The Hall–Kier alpha value is -0.790. The molecule has 1 rings (SSSR count). The molecular weight excluding hydrogens is 226 g/mol. The van der Waals surface area contributed by atoms with E-state index in [-0.39, 0.29) is 19.6 Å². The highest BCUT2D eigenvalue weighted by Crippen LogP contribution is 2.30. The number of aliphatic hydroxyl groups excluding tert-OH is 1. The van der Waals surface area contributed by atoms with Crippen molar-refractivity contribution < 1.29 is 27.2 Å². The first-order valence-corrected chi connectivity index (χ1v) is 5.94. The smallest absolute Gasteiger partial charge is 0.266 e. The molecule has 0 spiro atoms. The average molecular weight is 237 g/mol. The van der Waals surface area contributed by atoms with Gasteiger partial charge in [-0.15, -0.1) is 0 Å². The van der Waals surface area contributed by atoms with Crippen LogP contribution in [0.4, 0.5) is 0 Å². The number of rotatable bonds is 4. The molecule has 1 fully saturated rings. The Balaban J connectivity index is 2.87. The molecule has 0 aliphatic carbocycles. The Bertz CT molecular complexity index is 373. The van der Waals surface area contributed by atoms with Crippen molar-refractivity contribution in [1.29, 1.82) is 0 Å². The molecule has 8 heteroatoms. The van der Waals surface area contributed by atoms with E-state index < -0.39 is 21.9 Å². The quantitative estimate of drug-likeness (QED) is 0.373. The topological polar surface area (TPSA) is 102 Å². The predicted molar refractivity (Wildman–Crippen MR) is 48.2 cm³/mol. The van der Waals surface area contributed by atoms with Gasteiger partial charge in [0.25, 0.3) is 10.1 Å². The van der Waals surface area contributed by atoms with Crippen LogP contribution in [0.2, 0.25) is 0 Å². The Morgan fingerprint density at radius 2 is 2.40 bits per heavy atom. The van der Waals surface area contributed by atoms with Crippen LogP contribution in [0.15, 0.2) is 4.99 Å². The lowest BCUT2D eigenvalue weighted by Gasteiger charge is -2.18. The Morgan fingerprint density at radius 1 is 1.73 bits per heavy atom. The summed E-state index contributed by atoms with van der Waals surface area (Å²) in [5, 5.41) is 8.79. The van der Waals surface area contributed by atoms with E-state index in [9.17, 15) is 13.2 Å². The lowest BCUT2D eigenvalue weighted by Crippen LogP contribution is -2.33. The molecule has 0 aromatic carbocycles. The Morgan fingerprint density at radius 3 is 2.80 bits per heavy atom. The van der Waals surface area contributed by atoms with Gasteiger partial charge in [0.2, 0.25) is 11.8 Å². The SMILES string of the molecule is CS(=O)(=O)OC1(N=C=O)COC(CO)C1. The van der Waals surface area contributed by atoms with E-state index in [1.165, 1.54) is 6.08 Å². The summed E-state index contributed by atoms with van der Waals surface area (Å²) >= 11 is 0. The normalized spacial score (nSPS) is 31.2. The first-order chi connectivity index (χ1) is 6.91. The highest BCUT2D eigenvalue weighted by Gasteiger charge is 2.44. The number of ether oxygens (including phenoxy) is 1. The van der Waals surface area contributed by atoms with Crippen molar-refractivity contribution in [2.24, 2.45) is 4.99 Å². The molecule has 0 saturated carbocycles. The summed E-state index contributed by atoms with van der Waals surface area (Å²) in [6.07, 6.45) is 1.52. The van der Waals surface area contributed by atoms with Gasteiger partial charge in [-0.1, -0.05) is 0 Å². The minimum Gasteiger partial charge on any atom is -0.394 e. The zero-order chi connectivity index (χ0) is 11.5. The van der Waals surface area contributed by atoms with Crippen molar-refractivity contribution in [3.05, 3.63) is 0 Å². The summed E-state index contributed by atoms with van der Waals surface area (Å²) < 4.78 is 31.5. The monoisotopic (exact) mass is 237 g/mol. The number of aliphatic hydroxyl groups is 1. The van der Waals surface area contributed by atoms with Gasteiger partial charge in [0.1, 0.15) is 0 Å². The van der Waals surface area contributed by atoms with E-state index in [4.69, 9.17) is 9.84 Å². The van der Waals surface area contributed by atoms with E-state index in [2.05, 4.69) is 9.18 Å². The Labute approximate surface area is 86.8 Å². The van der Waals surface area contributed by atoms with Gasteiger partial charge in [0.05, 0.1) is 25.6 Å². The molecule has 0 amide bonds. The molecule has 86 valence electrons. The largest absolute Gasteiger partial charge is 0.394 e. The van der Waals surface area contributed by atoms with Crippen molar-refractivity contribution >= 4 is 16.2 Å². The van der Waals surface area contributed by atoms with Crippen LogP contribution < -0.4 is 0 Å². The second kappa shape index (κ2) is 4.38. The fourth-order valence-corrected chi connectivity index (χ4v) is 2.08. The number of isocyanates is 1. The van der Waals surface area contributed by atoms with E-state index in [1.807, 2.05) is 0 Å². The molecule has 15 heavy (non-hydrogen) atoms. The van der Waals surface area contributed by atoms with Crippen LogP contribution in [0.1, 0.15) is 6.42 Å². The summed E-state index contributed by atoms with van der Waals surface area (Å²) in [6, 6.07) is 0. The predicted octanol–water partition coefficient (Wildman–Crippen LogP) is -1.22. The number of hydrogen-bond acceptors (Lipinski definition) is 7. The molecule has 0 aromatic rings. The fourth-order valence-electron chi connectivity index (χ4n) is 1.36. The molecular formula is C7H11NO6S. The number of carbonyl (C=O) groups excluding carboxylic acids is 1. The second-order valence-electron chi connectivity index (χ2n) is 3.26. The van der Waals surface area contributed by atoms with Crippen molar-refractivity contribution in [2.75, 3.05) is 19.5 Å². The molecule has 2 atom stereocenters. The lowest BCUT2D eigenvalue weighted by molar-refractivity contribution is 0.0363. The summed E-state index contributed by atoms with van der Waals surface area (Å²) in [4.78, 5) is 13.5. The summed E-state index contributed by atoms with van der Waals surface area (Å²) in [7, 11) is -3.75. The van der Waals surface area contributed by atoms with Crippen LogP contribution in [0.5, 0.6) is 0 Å². The third-order valence-electron chi connectivity index (χ3n) is 1.85. The highest BCUT2D eigenvalue weighted by atomic mass is 32.2. The number of nitrogens with zero attached hydrogens (tertiary/aromatic N) is 1. The zero-order valence-corrected chi connectivity index (χ0v) is 8.86. The molecule has 1 aliphatic heterocycles. The molecule has 0 radical (unpaired) electrons. The molecule has 1 saturated heterocycles. The van der Waals surface area contributed by atoms with E-state index in [0.717, 1.165) is 6.26 Å². The molecule has 1 aliphatic rings. The lowest BCUT2D eigenvalue weighted by atomic mass is 10.1. The summed E-state index contributed by atoms with van der Waals surface area (Å²) in [6.45, 7) is -0.482. The van der Waals surface area contributed by atoms with Gasteiger partial charge in [0, 0.05) is 6.42 Å². The van der Waals surface area contributed by atoms with Gasteiger partial charge in [0.15, 0.2) is 0 Å². The molecule has 2 unspecified atom stereocenters. The first kappa shape index (κ1) is 12.3. The molecule has 1 heterocycles. The zero-order valence-electron chi connectivity index (χ0n) is 8.04. The highest BCUT2D eigenvalue weighted by molar-refractivity contribution is 7.86.